The average Bonchev–Trinajstić information content (AvgIpc) is 3.07. The summed E-state index contributed by atoms with van der Waals surface area (Å²) in [5.41, 5.74) is -1.25. The largest absolute Gasteiger partial charge is 0.353 e. The minimum Gasteiger partial charge on any atom is -0.353 e. The first-order valence-corrected chi connectivity index (χ1v) is 11.7. The van der Waals surface area contributed by atoms with Crippen LogP contribution in [0.2, 0.25) is 5.02 Å². The summed E-state index contributed by atoms with van der Waals surface area (Å²) in [5.74, 6) is -5.65. The fraction of sp³-hybridized carbons (Fsp3) is 0.381. The first-order chi connectivity index (χ1) is 14.9. The third-order valence-electron chi connectivity index (χ3n) is 6.47. The Kier molecular flexibility index (Phi) is 4.44. The Morgan fingerprint density at radius 2 is 1.72 bits per heavy atom. The minimum atomic E-state index is -4.26. The molecule has 2 fully saturated rings. The maximum Gasteiger partial charge on any atom is 0.283 e. The highest BCUT2D eigenvalue weighted by molar-refractivity contribution is 7.90. The van der Waals surface area contributed by atoms with Crippen molar-refractivity contribution in [3.63, 3.8) is 0 Å². The van der Waals surface area contributed by atoms with Gasteiger partial charge < -0.3 is 4.90 Å². The third-order valence-corrected chi connectivity index (χ3v) is 8.39. The standard InChI is InChI=1S/C21H18ClF4N3O2S/c1-19(23,24)13-5-7-14(8-6-13)32(30,31)29-16-4-2-3-15(22)17(16)18(27-29)28-11-20(12-28)9-10-21(20,25)26/h2-8H,9-12H2,1H3. The summed E-state index contributed by atoms with van der Waals surface area (Å²) in [5, 5.41) is 4.82. The van der Waals surface area contributed by atoms with Crippen molar-refractivity contribution in [2.75, 3.05) is 18.0 Å². The molecule has 1 saturated carbocycles. The van der Waals surface area contributed by atoms with Gasteiger partial charge in [-0.25, -0.2) is 17.6 Å². The lowest BCUT2D eigenvalue weighted by Crippen LogP contribution is -2.70. The third kappa shape index (κ3) is 2.95. The van der Waals surface area contributed by atoms with E-state index in [0.29, 0.717) is 11.8 Å². The SMILES string of the molecule is CC(F)(F)c1ccc(S(=O)(=O)n2nc(N3CC4(CCC4(F)F)C3)c3c(Cl)cccc32)cc1. The van der Waals surface area contributed by atoms with Crippen molar-refractivity contribution >= 4 is 38.3 Å². The van der Waals surface area contributed by atoms with E-state index < -0.39 is 27.3 Å². The number of benzene rings is 2. The van der Waals surface area contributed by atoms with Crippen molar-refractivity contribution in [2.24, 2.45) is 5.41 Å². The van der Waals surface area contributed by atoms with Crippen molar-refractivity contribution < 1.29 is 26.0 Å². The molecule has 1 spiro atoms. The molecule has 5 nitrogen and oxygen atoms in total. The van der Waals surface area contributed by atoms with Gasteiger partial charge in [-0.15, -0.1) is 5.10 Å². The fourth-order valence-corrected chi connectivity index (χ4v) is 5.93. The molecule has 0 radical (unpaired) electrons. The lowest BCUT2D eigenvalue weighted by atomic mass is 9.60. The molecule has 1 saturated heterocycles. The van der Waals surface area contributed by atoms with Gasteiger partial charge in [0.2, 0.25) is 0 Å². The van der Waals surface area contributed by atoms with E-state index in [4.69, 9.17) is 11.6 Å². The molecule has 0 atom stereocenters. The van der Waals surface area contributed by atoms with Crippen LogP contribution in [-0.4, -0.2) is 36.6 Å². The molecule has 170 valence electrons. The topological polar surface area (TPSA) is 55.2 Å². The van der Waals surface area contributed by atoms with E-state index in [1.165, 1.54) is 6.07 Å². The van der Waals surface area contributed by atoms with Gasteiger partial charge in [0.15, 0.2) is 5.82 Å². The maximum absolute atomic E-state index is 14.0. The van der Waals surface area contributed by atoms with E-state index >= 15 is 0 Å². The van der Waals surface area contributed by atoms with Crippen LogP contribution in [0.5, 0.6) is 0 Å². The molecule has 0 unspecified atom stereocenters. The number of rotatable bonds is 4. The lowest BCUT2D eigenvalue weighted by molar-refractivity contribution is -0.212. The highest BCUT2D eigenvalue weighted by Crippen LogP contribution is 2.59. The fourth-order valence-electron chi connectivity index (χ4n) is 4.40. The smallest absolute Gasteiger partial charge is 0.283 e. The second-order valence-corrected chi connectivity index (χ2v) is 10.7. The number of hydrogen-bond acceptors (Lipinski definition) is 4. The Balaban J connectivity index is 1.57. The first-order valence-electron chi connectivity index (χ1n) is 9.90. The zero-order chi connectivity index (χ0) is 23.1. The monoisotopic (exact) mass is 487 g/mol. The van der Waals surface area contributed by atoms with Crippen LogP contribution in [0.4, 0.5) is 23.4 Å². The zero-order valence-corrected chi connectivity index (χ0v) is 18.4. The van der Waals surface area contributed by atoms with Crippen molar-refractivity contribution in [1.29, 1.82) is 0 Å². The Labute approximate surface area is 186 Å². The predicted molar refractivity (Wildman–Crippen MR) is 112 cm³/mol. The molecule has 1 aromatic heterocycles. The quantitative estimate of drug-likeness (QED) is 0.470. The number of aromatic nitrogens is 2. The second kappa shape index (κ2) is 6.60. The van der Waals surface area contributed by atoms with Crippen LogP contribution in [0.25, 0.3) is 10.9 Å². The summed E-state index contributed by atoms with van der Waals surface area (Å²) in [4.78, 5) is 1.38. The molecule has 2 aromatic carbocycles. The lowest BCUT2D eigenvalue weighted by Gasteiger charge is -2.60. The molecule has 2 aliphatic rings. The van der Waals surface area contributed by atoms with Gasteiger partial charge in [0, 0.05) is 32.0 Å². The van der Waals surface area contributed by atoms with Gasteiger partial charge in [0.1, 0.15) is 0 Å². The summed E-state index contributed by atoms with van der Waals surface area (Å²) in [6.07, 6.45) is 0.244. The van der Waals surface area contributed by atoms with Crippen molar-refractivity contribution in [3.05, 3.63) is 53.1 Å². The number of fused-ring (bicyclic) bond motifs is 1. The second-order valence-electron chi connectivity index (χ2n) is 8.56. The highest BCUT2D eigenvalue weighted by Gasteiger charge is 2.67. The van der Waals surface area contributed by atoms with Gasteiger partial charge in [-0.05, 0) is 30.7 Å². The van der Waals surface area contributed by atoms with E-state index in [0.717, 1.165) is 35.3 Å². The summed E-state index contributed by atoms with van der Waals surface area (Å²) < 4.78 is 82.4. The number of hydrogen-bond donors (Lipinski definition) is 0. The minimum absolute atomic E-state index is 0.0532. The van der Waals surface area contributed by atoms with E-state index in [-0.39, 0.29) is 46.3 Å². The first kappa shape index (κ1) is 21.5. The van der Waals surface area contributed by atoms with E-state index in [9.17, 15) is 26.0 Å². The van der Waals surface area contributed by atoms with Crippen LogP contribution >= 0.6 is 11.6 Å². The van der Waals surface area contributed by atoms with Crippen LogP contribution in [0.1, 0.15) is 25.3 Å². The molecule has 0 bridgehead atoms. The van der Waals surface area contributed by atoms with Gasteiger partial charge >= 0.3 is 0 Å². The average molecular weight is 488 g/mol. The molecular weight excluding hydrogens is 470 g/mol. The van der Waals surface area contributed by atoms with Gasteiger partial charge in [0.25, 0.3) is 21.9 Å². The number of anilines is 1. The zero-order valence-electron chi connectivity index (χ0n) is 16.8. The number of halogens is 5. The number of nitrogens with zero attached hydrogens (tertiary/aromatic N) is 3. The van der Waals surface area contributed by atoms with Crippen molar-refractivity contribution in [3.8, 4) is 0 Å². The summed E-state index contributed by atoms with van der Waals surface area (Å²) in [6, 6.07) is 8.91. The highest BCUT2D eigenvalue weighted by atomic mass is 35.5. The molecule has 5 rings (SSSR count). The van der Waals surface area contributed by atoms with Crippen LogP contribution in [0, 0.1) is 5.41 Å². The van der Waals surface area contributed by atoms with Crippen LogP contribution in [-0.2, 0) is 15.9 Å². The summed E-state index contributed by atoms with van der Waals surface area (Å²) in [6.45, 7) is 0.826. The summed E-state index contributed by atoms with van der Waals surface area (Å²) in [7, 11) is -4.26. The van der Waals surface area contributed by atoms with E-state index in [1.54, 1.807) is 17.0 Å². The van der Waals surface area contributed by atoms with Crippen LogP contribution < -0.4 is 4.90 Å². The Morgan fingerprint density at radius 3 is 2.25 bits per heavy atom. The molecule has 0 N–H and O–H groups in total. The molecule has 1 aliphatic carbocycles. The van der Waals surface area contributed by atoms with Crippen LogP contribution in [0.15, 0.2) is 47.4 Å². The van der Waals surface area contributed by atoms with E-state index in [2.05, 4.69) is 5.10 Å². The maximum atomic E-state index is 14.0. The Hall–Kier alpha value is -2.33. The van der Waals surface area contributed by atoms with Gasteiger partial charge in [-0.3, -0.25) is 0 Å². The Morgan fingerprint density at radius 1 is 1.06 bits per heavy atom. The van der Waals surface area contributed by atoms with Gasteiger partial charge in [0.05, 0.1) is 26.2 Å². The normalized spacial score (nSPS) is 19.8. The Bertz CT molecular complexity index is 1330. The predicted octanol–water partition coefficient (Wildman–Crippen LogP) is 5.27. The molecule has 3 aromatic rings. The number of alkyl halides is 4. The van der Waals surface area contributed by atoms with Gasteiger partial charge in [-0.1, -0.05) is 29.8 Å². The van der Waals surface area contributed by atoms with Crippen molar-refractivity contribution in [1.82, 2.24) is 9.19 Å². The van der Waals surface area contributed by atoms with E-state index in [1.807, 2.05) is 0 Å². The molecule has 1 aliphatic heterocycles. The summed E-state index contributed by atoms with van der Waals surface area (Å²) >= 11 is 6.34. The van der Waals surface area contributed by atoms with Gasteiger partial charge in [-0.2, -0.15) is 12.5 Å². The molecular formula is C21H18ClF4N3O2S. The molecule has 0 amide bonds. The molecule has 32 heavy (non-hydrogen) atoms. The molecule has 2 heterocycles. The van der Waals surface area contributed by atoms with Crippen LogP contribution in [0.3, 0.4) is 0 Å². The molecule has 11 heteroatoms. The van der Waals surface area contributed by atoms with Crippen molar-refractivity contribution in [2.45, 2.75) is 36.5 Å².